The zero-order valence-corrected chi connectivity index (χ0v) is 13.0. The van der Waals surface area contributed by atoms with E-state index < -0.39 is 0 Å². The van der Waals surface area contributed by atoms with E-state index in [4.69, 9.17) is 22.7 Å². The van der Waals surface area contributed by atoms with Crippen molar-refractivity contribution in [1.82, 2.24) is 9.78 Å². The molecule has 1 unspecified atom stereocenters. The third-order valence-corrected chi connectivity index (χ3v) is 3.51. The molecule has 1 aromatic rings. The zero-order chi connectivity index (χ0) is 14.4. The highest BCUT2D eigenvalue weighted by atomic mass is 32.1. The van der Waals surface area contributed by atoms with Gasteiger partial charge in [-0.3, -0.25) is 4.68 Å². The summed E-state index contributed by atoms with van der Waals surface area (Å²) < 4.78 is 7.80. The normalized spacial score (nSPS) is 22.6. The zero-order valence-electron chi connectivity index (χ0n) is 12.2. The molecule has 6 heteroatoms. The van der Waals surface area contributed by atoms with Gasteiger partial charge in [0.15, 0.2) is 0 Å². The number of ether oxygens (including phenoxy) is 1. The molecule has 0 aliphatic carbocycles. The van der Waals surface area contributed by atoms with Crippen LogP contribution in [0.1, 0.15) is 32.0 Å². The van der Waals surface area contributed by atoms with Gasteiger partial charge in [0, 0.05) is 20.1 Å². The Labute approximate surface area is 119 Å². The number of aryl methyl sites for hydroxylation is 2. The fourth-order valence-corrected chi connectivity index (χ4v) is 3.15. The highest BCUT2D eigenvalue weighted by molar-refractivity contribution is 7.80. The van der Waals surface area contributed by atoms with Crippen LogP contribution in [0.2, 0.25) is 0 Å². The Hall–Kier alpha value is -1.14. The third kappa shape index (κ3) is 2.74. The number of aromatic nitrogens is 2. The van der Waals surface area contributed by atoms with Crippen LogP contribution < -0.4 is 10.6 Å². The summed E-state index contributed by atoms with van der Waals surface area (Å²) >= 11 is 5.17. The van der Waals surface area contributed by atoms with E-state index in [9.17, 15) is 0 Å². The number of anilines is 1. The Morgan fingerprint density at radius 3 is 2.68 bits per heavy atom. The van der Waals surface area contributed by atoms with Gasteiger partial charge >= 0.3 is 0 Å². The first-order chi connectivity index (χ1) is 8.71. The maximum absolute atomic E-state index is 5.94. The molecule has 0 spiro atoms. The average molecular weight is 282 g/mol. The first-order valence-corrected chi connectivity index (χ1v) is 6.88. The van der Waals surface area contributed by atoms with Gasteiger partial charge in [-0.2, -0.15) is 5.10 Å². The summed E-state index contributed by atoms with van der Waals surface area (Å²) in [5, 5.41) is 4.45. The lowest BCUT2D eigenvalue weighted by atomic mass is 10.0. The lowest BCUT2D eigenvalue weighted by Gasteiger charge is -2.42. The Morgan fingerprint density at radius 1 is 1.53 bits per heavy atom. The summed E-state index contributed by atoms with van der Waals surface area (Å²) in [6, 6.07) is 0. The van der Waals surface area contributed by atoms with Crippen molar-refractivity contribution in [2.45, 2.75) is 39.4 Å². The molecule has 0 saturated carbocycles. The molecule has 1 atom stereocenters. The van der Waals surface area contributed by atoms with E-state index in [2.05, 4.69) is 30.8 Å². The van der Waals surface area contributed by atoms with Crippen molar-refractivity contribution < 1.29 is 4.74 Å². The van der Waals surface area contributed by atoms with Crippen LogP contribution in [-0.4, -0.2) is 39.6 Å². The van der Waals surface area contributed by atoms with E-state index in [0.29, 0.717) is 4.99 Å². The van der Waals surface area contributed by atoms with Crippen LogP contribution in [-0.2, 0) is 11.8 Å². The largest absolute Gasteiger partial charge is 0.389 e. The molecule has 2 rings (SSSR count). The highest BCUT2D eigenvalue weighted by Gasteiger charge is 2.34. The first-order valence-electron chi connectivity index (χ1n) is 6.47. The van der Waals surface area contributed by atoms with E-state index in [0.717, 1.165) is 30.2 Å². The first kappa shape index (κ1) is 14.3. The van der Waals surface area contributed by atoms with Gasteiger partial charge in [0.1, 0.15) is 10.8 Å². The van der Waals surface area contributed by atoms with Crippen molar-refractivity contribution in [1.29, 1.82) is 0 Å². The summed E-state index contributed by atoms with van der Waals surface area (Å²) in [7, 11) is 1.93. The number of hydrogen-bond acceptors (Lipinski definition) is 4. The molecule has 2 heterocycles. The summed E-state index contributed by atoms with van der Waals surface area (Å²) in [6.45, 7) is 9.83. The quantitative estimate of drug-likeness (QED) is 0.830. The lowest BCUT2D eigenvalue weighted by Crippen LogP contribution is -2.52. The second-order valence-corrected chi connectivity index (χ2v) is 6.28. The number of rotatable bonds is 2. The average Bonchev–Trinajstić information content (AvgIpc) is 2.50. The second kappa shape index (κ2) is 4.76. The molecule has 106 valence electrons. The molecule has 1 aliphatic rings. The van der Waals surface area contributed by atoms with Crippen molar-refractivity contribution >= 4 is 23.0 Å². The van der Waals surface area contributed by atoms with Gasteiger partial charge in [-0.05, 0) is 27.7 Å². The van der Waals surface area contributed by atoms with Crippen LogP contribution in [0.5, 0.6) is 0 Å². The van der Waals surface area contributed by atoms with Crippen molar-refractivity contribution in [3.8, 4) is 0 Å². The van der Waals surface area contributed by atoms with Crippen LogP contribution in [0.3, 0.4) is 0 Å². The summed E-state index contributed by atoms with van der Waals surface area (Å²) in [4.78, 5) is 2.67. The molecule has 0 radical (unpaired) electrons. The van der Waals surface area contributed by atoms with Crippen molar-refractivity contribution in [2.24, 2.45) is 12.8 Å². The number of hydrogen-bond donors (Lipinski definition) is 1. The van der Waals surface area contributed by atoms with Crippen molar-refractivity contribution in [2.75, 3.05) is 18.0 Å². The van der Waals surface area contributed by atoms with Crippen LogP contribution in [0.4, 0.5) is 5.82 Å². The van der Waals surface area contributed by atoms with E-state index in [1.165, 1.54) is 0 Å². The smallest absolute Gasteiger partial charge is 0.137 e. The monoisotopic (exact) mass is 282 g/mol. The summed E-state index contributed by atoms with van der Waals surface area (Å²) in [6.07, 6.45) is 0.165. The SMILES string of the molecule is Cc1nn(C)c(N2CC(C)OC(C)(C)C2)c1C(N)=S. The highest BCUT2D eigenvalue weighted by Crippen LogP contribution is 2.29. The Bertz CT molecular complexity index is 509. The minimum Gasteiger partial charge on any atom is -0.389 e. The molecule has 1 fully saturated rings. The van der Waals surface area contributed by atoms with Gasteiger partial charge in [-0.25, -0.2) is 0 Å². The maximum atomic E-state index is 5.94. The molecule has 5 nitrogen and oxygen atoms in total. The number of nitrogens with two attached hydrogens (primary N) is 1. The molecule has 0 bridgehead atoms. The fourth-order valence-electron chi connectivity index (χ4n) is 2.91. The summed E-state index contributed by atoms with van der Waals surface area (Å²) in [5.74, 6) is 0.994. The molecule has 1 aliphatic heterocycles. The van der Waals surface area contributed by atoms with E-state index >= 15 is 0 Å². The predicted octanol–water partition coefficient (Wildman–Crippen LogP) is 1.37. The van der Waals surface area contributed by atoms with Crippen LogP contribution >= 0.6 is 12.2 Å². The number of nitrogens with zero attached hydrogens (tertiary/aromatic N) is 3. The minimum absolute atomic E-state index is 0.165. The van der Waals surface area contributed by atoms with E-state index in [1.807, 2.05) is 18.7 Å². The molecular formula is C13H22N4OS. The molecule has 1 saturated heterocycles. The van der Waals surface area contributed by atoms with E-state index in [-0.39, 0.29) is 11.7 Å². The van der Waals surface area contributed by atoms with Gasteiger partial charge < -0.3 is 15.4 Å². The van der Waals surface area contributed by atoms with Gasteiger partial charge in [-0.1, -0.05) is 12.2 Å². The Morgan fingerprint density at radius 2 is 2.16 bits per heavy atom. The second-order valence-electron chi connectivity index (χ2n) is 5.84. The molecule has 0 amide bonds. The van der Waals surface area contributed by atoms with Gasteiger partial charge in [-0.15, -0.1) is 0 Å². The molecule has 19 heavy (non-hydrogen) atoms. The minimum atomic E-state index is -0.191. The number of morpholine rings is 1. The molecule has 1 aromatic heterocycles. The summed E-state index contributed by atoms with van der Waals surface area (Å²) in [5.41, 5.74) is 7.42. The lowest BCUT2D eigenvalue weighted by molar-refractivity contribution is -0.0753. The van der Waals surface area contributed by atoms with Crippen LogP contribution in [0.15, 0.2) is 0 Å². The van der Waals surface area contributed by atoms with E-state index in [1.54, 1.807) is 0 Å². The Kier molecular flexibility index (Phi) is 3.57. The van der Waals surface area contributed by atoms with Crippen LogP contribution in [0, 0.1) is 6.92 Å². The number of thiocarbonyl (C=S) groups is 1. The fraction of sp³-hybridized carbons (Fsp3) is 0.692. The molecular weight excluding hydrogens is 260 g/mol. The van der Waals surface area contributed by atoms with Gasteiger partial charge in [0.05, 0.1) is 23.0 Å². The predicted molar refractivity (Wildman–Crippen MR) is 80.7 cm³/mol. The topological polar surface area (TPSA) is 56.3 Å². The standard InChI is InChI=1S/C13H22N4OS/c1-8-6-17(7-13(3,4)18-8)12-10(11(14)19)9(2)15-16(12)5/h8H,6-7H2,1-5H3,(H2,14,19). The molecule has 2 N–H and O–H groups in total. The Balaban J connectivity index is 2.44. The molecule has 0 aromatic carbocycles. The third-order valence-electron chi connectivity index (χ3n) is 3.31. The van der Waals surface area contributed by atoms with Gasteiger partial charge in [0.25, 0.3) is 0 Å². The van der Waals surface area contributed by atoms with Gasteiger partial charge in [0.2, 0.25) is 0 Å². The van der Waals surface area contributed by atoms with Crippen molar-refractivity contribution in [3.05, 3.63) is 11.3 Å². The van der Waals surface area contributed by atoms with Crippen molar-refractivity contribution in [3.63, 3.8) is 0 Å². The maximum Gasteiger partial charge on any atom is 0.137 e. The van der Waals surface area contributed by atoms with Crippen LogP contribution in [0.25, 0.3) is 0 Å².